The van der Waals surface area contributed by atoms with Gasteiger partial charge in [-0.3, -0.25) is 9.69 Å². The van der Waals surface area contributed by atoms with Crippen LogP contribution in [0.4, 0.5) is 0 Å². The highest BCUT2D eigenvalue weighted by Crippen LogP contribution is 2.75. The van der Waals surface area contributed by atoms with Gasteiger partial charge in [0.05, 0.1) is 0 Å². The minimum Gasteiger partial charge on any atom is -0.618 e. The Labute approximate surface area is 206 Å². The zero-order valence-corrected chi connectivity index (χ0v) is 20.1. The van der Waals surface area contributed by atoms with Crippen molar-refractivity contribution >= 4 is 5.91 Å². The largest absolute Gasteiger partial charge is 0.618 e. The minimum absolute atomic E-state index is 0.0246. The number of phenols is 1. The van der Waals surface area contributed by atoms with Crippen molar-refractivity contribution in [1.29, 1.82) is 0 Å². The van der Waals surface area contributed by atoms with Crippen molar-refractivity contribution in [3.05, 3.63) is 64.6 Å². The molecule has 2 aromatic rings. The topological polar surface area (TPSA) is 70.7 Å². The number of fused-ring (bicyclic) bond motifs is 1. The molecule has 5 fully saturated rings. The first-order valence-corrected chi connectivity index (χ1v) is 13.6. The van der Waals surface area contributed by atoms with Crippen LogP contribution in [0.5, 0.6) is 5.75 Å². The van der Waals surface area contributed by atoms with Crippen molar-refractivity contribution in [3.63, 3.8) is 0 Å². The Balaban J connectivity index is 1.25. The molecular weight excluding hydrogens is 438 g/mol. The molecule has 5 unspecified atom stereocenters. The molecule has 8 rings (SSSR count). The lowest BCUT2D eigenvalue weighted by molar-refractivity contribution is -0.608. The smallest absolute Gasteiger partial charge is 0.320 e. The second-order valence-corrected chi connectivity index (χ2v) is 12.3. The Kier molecular flexibility index (Phi) is 3.99. The summed E-state index contributed by atoms with van der Waals surface area (Å²) in [6.07, 6.45) is 9.75. The van der Waals surface area contributed by atoms with Gasteiger partial charge in [-0.15, -0.1) is 0 Å². The van der Waals surface area contributed by atoms with Gasteiger partial charge >= 0.3 is 5.91 Å². The van der Waals surface area contributed by atoms with Gasteiger partial charge in [0.15, 0.2) is 6.20 Å². The lowest BCUT2D eigenvalue weighted by atomic mass is 9.43. The Bertz CT molecular complexity index is 1240. The van der Waals surface area contributed by atoms with Crippen LogP contribution in [0.1, 0.15) is 60.1 Å². The van der Waals surface area contributed by atoms with E-state index in [0.29, 0.717) is 23.6 Å². The number of rotatable bonds is 3. The van der Waals surface area contributed by atoms with Crippen LogP contribution < -0.4 is 4.73 Å². The van der Waals surface area contributed by atoms with E-state index in [4.69, 9.17) is 0 Å². The number of aromatic nitrogens is 1. The number of hydrogen-bond donors (Lipinski definition) is 1. The average molecular weight is 472 g/mol. The molecule has 182 valence electrons. The zero-order chi connectivity index (χ0) is 23.5. The SMILES string of the molecule is O=C(c1cccc[n+]1[O-])N1C[C@H]2CC34CCC1C2C31CCN(CC2CC2)C4Cc2ccc(O)cc21. The van der Waals surface area contributed by atoms with E-state index in [0.717, 1.165) is 49.4 Å². The molecule has 3 heterocycles. The summed E-state index contributed by atoms with van der Waals surface area (Å²) in [6.45, 7) is 3.13. The third-order valence-electron chi connectivity index (χ3n) is 11.1. The molecule has 2 saturated heterocycles. The summed E-state index contributed by atoms with van der Waals surface area (Å²) in [5.74, 6) is 2.02. The van der Waals surface area contributed by atoms with Crippen LogP contribution in [0.15, 0.2) is 42.6 Å². The number of hydrogen-bond acceptors (Lipinski definition) is 4. The molecule has 6 heteroatoms. The second-order valence-electron chi connectivity index (χ2n) is 12.3. The summed E-state index contributed by atoms with van der Waals surface area (Å²) in [6, 6.07) is 12.0. The van der Waals surface area contributed by atoms with Crippen LogP contribution in [-0.4, -0.2) is 52.5 Å². The molecule has 1 N–H and O–H groups in total. The highest BCUT2D eigenvalue weighted by atomic mass is 16.5. The highest BCUT2D eigenvalue weighted by Gasteiger charge is 2.76. The summed E-state index contributed by atoms with van der Waals surface area (Å²) in [4.78, 5) is 18.6. The minimum atomic E-state index is -0.112. The molecule has 4 aliphatic carbocycles. The summed E-state index contributed by atoms with van der Waals surface area (Å²) in [5, 5.41) is 23.0. The van der Waals surface area contributed by atoms with Gasteiger partial charge < -0.3 is 15.2 Å². The van der Waals surface area contributed by atoms with Crippen molar-refractivity contribution < 1.29 is 14.6 Å². The number of piperidine rings is 1. The van der Waals surface area contributed by atoms with Crippen LogP contribution in [0.25, 0.3) is 0 Å². The lowest BCUT2D eigenvalue weighted by Gasteiger charge is -2.66. The van der Waals surface area contributed by atoms with Gasteiger partial charge in [0.2, 0.25) is 0 Å². The predicted molar refractivity (Wildman–Crippen MR) is 130 cm³/mol. The molecule has 3 saturated carbocycles. The second kappa shape index (κ2) is 6.78. The number of aromatic hydroxyl groups is 1. The summed E-state index contributed by atoms with van der Waals surface area (Å²) in [7, 11) is 0. The quantitative estimate of drug-likeness (QED) is 0.551. The summed E-state index contributed by atoms with van der Waals surface area (Å²) >= 11 is 0. The molecule has 0 radical (unpaired) electrons. The van der Waals surface area contributed by atoms with Crippen molar-refractivity contribution in [1.82, 2.24) is 9.80 Å². The Morgan fingerprint density at radius 2 is 2.06 bits per heavy atom. The Hall–Kier alpha value is -2.60. The zero-order valence-electron chi connectivity index (χ0n) is 20.1. The monoisotopic (exact) mass is 471 g/mol. The van der Waals surface area contributed by atoms with E-state index >= 15 is 0 Å². The highest BCUT2D eigenvalue weighted by molar-refractivity contribution is 5.91. The van der Waals surface area contributed by atoms with E-state index in [1.165, 1.54) is 43.1 Å². The maximum absolute atomic E-state index is 13.7. The Morgan fingerprint density at radius 1 is 1.17 bits per heavy atom. The maximum atomic E-state index is 13.7. The van der Waals surface area contributed by atoms with E-state index in [2.05, 4.69) is 21.9 Å². The number of carbonyl (C=O) groups is 1. The fourth-order valence-electron chi connectivity index (χ4n) is 9.92. The predicted octanol–water partition coefficient (Wildman–Crippen LogP) is 3.24. The van der Waals surface area contributed by atoms with Crippen molar-refractivity contribution in [3.8, 4) is 5.75 Å². The molecule has 6 aliphatic rings. The molecule has 1 amide bonds. The number of pyridine rings is 1. The first-order valence-electron chi connectivity index (χ1n) is 13.6. The third-order valence-corrected chi connectivity index (χ3v) is 11.1. The molecule has 6 nitrogen and oxygen atoms in total. The van der Waals surface area contributed by atoms with E-state index in [1.54, 1.807) is 18.2 Å². The first kappa shape index (κ1) is 20.6. The normalized spacial score (nSPS) is 38.8. The number of likely N-dealkylation sites (tertiary alicyclic amines) is 2. The van der Waals surface area contributed by atoms with Gasteiger partial charge in [-0.1, -0.05) is 6.07 Å². The molecule has 1 aromatic carbocycles. The molecule has 2 aliphatic heterocycles. The molecular formula is C29H33N3O3. The van der Waals surface area contributed by atoms with Crippen molar-refractivity contribution in [2.45, 2.75) is 62.4 Å². The summed E-state index contributed by atoms with van der Waals surface area (Å²) in [5.41, 5.74) is 3.30. The van der Waals surface area contributed by atoms with Gasteiger partial charge in [-0.05, 0) is 104 Å². The van der Waals surface area contributed by atoms with E-state index in [1.807, 2.05) is 6.07 Å². The molecule has 6 atom stereocenters. The molecule has 4 bridgehead atoms. The van der Waals surface area contributed by atoms with Crippen LogP contribution in [-0.2, 0) is 11.8 Å². The average Bonchev–Trinajstić information content (AvgIpc) is 3.54. The maximum Gasteiger partial charge on any atom is 0.320 e. The van der Waals surface area contributed by atoms with Gasteiger partial charge in [0, 0.05) is 42.7 Å². The molecule has 1 aromatic heterocycles. The lowest BCUT2D eigenvalue weighted by Crippen LogP contribution is -2.70. The van der Waals surface area contributed by atoms with Gasteiger partial charge in [0.25, 0.3) is 5.69 Å². The van der Waals surface area contributed by atoms with E-state index in [9.17, 15) is 15.1 Å². The number of benzene rings is 1. The van der Waals surface area contributed by atoms with Gasteiger partial charge in [-0.25, -0.2) is 0 Å². The van der Waals surface area contributed by atoms with E-state index < -0.39 is 0 Å². The van der Waals surface area contributed by atoms with E-state index in [-0.39, 0.29) is 28.5 Å². The molecule has 35 heavy (non-hydrogen) atoms. The standard InChI is InChI=1S/C29H33N3O3/c33-21-7-6-19-13-25-28-9-8-23-26(29(28,22(19)14-21)10-12-30(25)16-18-4-5-18)20(15-28)17-31(23)27(34)24-3-1-2-11-32(24)35/h1-3,6-7,11,14,18,20,23,25-26,33H,4-5,8-10,12-13,15-17H2/t20-,23?,25?,26?,28?,29?/m1/s1. The van der Waals surface area contributed by atoms with Crippen LogP contribution in [0.2, 0.25) is 0 Å². The first-order chi connectivity index (χ1) is 17.0. The fourth-order valence-corrected chi connectivity index (χ4v) is 9.92. The summed E-state index contributed by atoms with van der Waals surface area (Å²) < 4.78 is 0.724. The van der Waals surface area contributed by atoms with Gasteiger partial charge in [0.1, 0.15) is 5.75 Å². The molecule has 0 spiro atoms. The van der Waals surface area contributed by atoms with Crippen molar-refractivity contribution in [2.24, 2.45) is 23.2 Å². The number of nitrogens with zero attached hydrogens (tertiary/aromatic N) is 3. The van der Waals surface area contributed by atoms with Crippen LogP contribution >= 0.6 is 0 Å². The number of phenolic OH excluding ortho intramolecular Hbond substituents is 1. The van der Waals surface area contributed by atoms with Crippen LogP contribution in [0, 0.1) is 28.4 Å². The number of amides is 1. The van der Waals surface area contributed by atoms with Crippen molar-refractivity contribution in [2.75, 3.05) is 19.6 Å². The third kappa shape index (κ3) is 2.49. The number of carbonyl (C=O) groups excluding carboxylic acids is 1. The van der Waals surface area contributed by atoms with Crippen LogP contribution in [0.3, 0.4) is 0 Å². The Morgan fingerprint density at radius 3 is 2.89 bits per heavy atom. The van der Waals surface area contributed by atoms with Gasteiger partial charge in [-0.2, -0.15) is 4.73 Å². The fraction of sp³-hybridized carbons (Fsp3) is 0.586.